The van der Waals surface area contributed by atoms with Crippen molar-refractivity contribution in [3.8, 4) is 11.1 Å². The highest BCUT2D eigenvalue weighted by atomic mass is 19.1. The number of benzene rings is 1. The van der Waals surface area contributed by atoms with E-state index >= 15 is 0 Å². The number of pyridine rings is 1. The lowest BCUT2D eigenvalue weighted by Crippen LogP contribution is -2.83. The van der Waals surface area contributed by atoms with Crippen molar-refractivity contribution < 1.29 is 18.7 Å². The van der Waals surface area contributed by atoms with Crippen LogP contribution in [-0.2, 0) is 9.59 Å². The van der Waals surface area contributed by atoms with Gasteiger partial charge in [-0.3, -0.25) is 9.59 Å². The van der Waals surface area contributed by atoms with Crippen LogP contribution in [0.15, 0.2) is 42.6 Å². The fourth-order valence-corrected chi connectivity index (χ4v) is 7.21. The van der Waals surface area contributed by atoms with Crippen molar-refractivity contribution in [2.24, 2.45) is 11.3 Å². The zero-order chi connectivity index (χ0) is 23.6. The quantitative estimate of drug-likeness (QED) is 0.404. The first-order valence-corrected chi connectivity index (χ1v) is 11.7. The van der Waals surface area contributed by atoms with Gasteiger partial charge < -0.3 is 15.4 Å². The molecule has 1 aromatic heterocycles. The second kappa shape index (κ2) is 5.92. The molecule has 172 valence electrons. The Morgan fingerprint density at radius 2 is 2.00 bits per heavy atom. The Morgan fingerprint density at radius 3 is 2.76 bits per heavy atom. The number of piperidine rings is 2. The van der Waals surface area contributed by atoms with E-state index in [-0.39, 0.29) is 17.7 Å². The number of piperazine rings is 1. The highest BCUT2D eigenvalue weighted by Crippen LogP contribution is 2.60. The van der Waals surface area contributed by atoms with Gasteiger partial charge in [-0.2, -0.15) is 9.13 Å². The third kappa shape index (κ3) is 2.08. The normalized spacial score (nSPS) is 32.1. The number of allylic oxidation sites excluding steroid dienone is 1. The predicted molar refractivity (Wildman–Crippen MR) is 122 cm³/mol. The Kier molecular flexibility index (Phi) is 3.46. The number of carbonyl (C=O) groups excluding carboxylic acids is 2. The van der Waals surface area contributed by atoms with Crippen molar-refractivity contribution in [1.82, 2.24) is 15.2 Å². The van der Waals surface area contributed by atoms with Gasteiger partial charge in [0.1, 0.15) is 11.1 Å². The topological polar surface area (TPSA) is 88.4 Å². The maximum atomic E-state index is 13.8. The van der Waals surface area contributed by atoms with Gasteiger partial charge in [0.05, 0.1) is 16.6 Å². The minimum Gasteiger partial charge on any atom is -0.618 e. The monoisotopic (exact) mass is 458 g/mol. The van der Waals surface area contributed by atoms with Crippen LogP contribution in [0, 0.1) is 22.5 Å². The Labute approximate surface area is 195 Å². The van der Waals surface area contributed by atoms with Crippen LogP contribution in [0.3, 0.4) is 0 Å². The molecule has 6 heterocycles. The van der Waals surface area contributed by atoms with Crippen LogP contribution in [-0.4, -0.2) is 49.8 Å². The first-order chi connectivity index (χ1) is 16.2. The third-order valence-electron chi connectivity index (χ3n) is 8.80. The summed E-state index contributed by atoms with van der Waals surface area (Å²) in [5.41, 5.74) is 1.42. The number of nitrogens with one attached hydrogen (secondary N) is 1. The number of hydrogen-bond donors (Lipinski definition) is 1. The van der Waals surface area contributed by atoms with Gasteiger partial charge in [-0.1, -0.05) is 6.07 Å². The molecule has 3 atom stereocenters. The van der Waals surface area contributed by atoms with Gasteiger partial charge in [0.15, 0.2) is 0 Å². The second-order valence-corrected chi connectivity index (χ2v) is 10.7. The number of rotatable bonds is 1. The molecule has 2 amide bonds. The molecule has 4 saturated heterocycles. The minimum atomic E-state index is -1.15. The second-order valence-electron chi connectivity index (χ2n) is 10.7. The number of fused-ring (bicyclic) bond motifs is 4. The fourth-order valence-electron chi connectivity index (χ4n) is 7.21. The van der Waals surface area contributed by atoms with Crippen molar-refractivity contribution >= 4 is 28.8 Å². The molecule has 0 radical (unpaired) electrons. The summed E-state index contributed by atoms with van der Waals surface area (Å²) in [6, 6.07) is 8.44. The highest BCUT2D eigenvalue weighted by molar-refractivity contribution is 6.30. The molecule has 2 aromatic rings. The third-order valence-corrected chi connectivity index (χ3v) is 8.80. The molecule has 2 spiro atoms. The first-order valence-electron chi connectivity index (χ1n) is 11.7. The molecule has 8 rings (SSSR count). The molecule has 34 heavy (non-hydrogen) atoms. The molecule has 7 nitrogen and oxygen atoms in total. The molecule has 1 aliphatic carbocycles. The SMILES string of the molecule is CC1(C)C2=[N+]([O-])c3cc(-c4ccc(F)nc4)ccc3C2=C[C@@]23NC(=O)[C@]4(CCCN4C2=O)C[C@@H]13. The van der Waals surface area contributed by atoms with E-state index in [1.54, 1.807) is 17.0 Å². The summed E-state index contributed by atoms with van der Waals surface area (Å²) in [6.07, 6.45) is 5.32. The van der Waals surface area contributed by atoms with E-state index in [4.69, 9.17) is 0 Å². The van der Waals surface area contributed by atoms with Gasteiger partial charge >= 0.3 is 0 Å². The van der Waals surface area contributed by atoms with Crippen LogP contribution in [0.1, 0.15) is 38.7 Å². The van der Waals surface area contributed by atoms with E-state index in [1.807, 2.05) is 32.1 Å². The van der Waals surface area contributed by atoms with Crippen LogP contribution in [0.2, 0.25) is 0 Å². The van der Waals surface area contributed by atoms with Crippen LogP contribution < -0.4 is 5.32 Å². The summed E-state index contributed by atoms with van der Waals surface area (Å²) in [6.45, 7) is 4.62. The van der Waals surface area contributed by atoms with E-state index in [0.29, 0.717) is 41.9 Å². The molecule has 0 unspecified atom stereocenters. The lowest BCUT2D eigenvalue weighted by atomic mass is 9.51. The Morgan fingerprint density at radius 1 is 1.21 bits per heavy atom. The zero-order valence-corrected chi connectivity index (χ0v) is 18.9. The van der Waals surface area contributed by atoms with Crippen molar-refractivity contribution in [3.63, 3.8) is 0 Å². The van der Waals surface area contributed by atoms with Crippen molar-refractivity contribution in [2.45, 2.75) is 44.2 Å². The van der Waals surface area contributed by atoms with E-state index in [1.165, 1.54) is 12.3 Å². The molecule has 5 aliphatic heterocycles. The van der Waals surface area contributed by atoms with Crippen LogP contribution in [0.4, 0.5) is 10.1 Å². The summed E-state index contributed by atoms with van der Waals surface area (Å²) < 4.78 is 14.3. The first kappa shape index (κ1) is 19.9. The summed E-state index contributed by atoms with van der Waals surface area (Å²) in [4.78, 5) is 32.6. The Bertz CT molecular complexity index is 1400. The number of carbonyl (C=O) groups is 2. The molecule has 1 aromatic carbocycles. The summed E-state index contributed by atoms with van der Waals surface area (Å²) >= 11 is 0. The number of hydrogen-bond acceptors (Lipinski definition) is 4. The molecule has 6 aliphatic rings. The van der Waals surface area contributed by atoms with Crippen molar-refractivity contribution in [3.05, 3.63) is 59.3 Å². The number of nitrogens with zero attached hydrogens (tertiary/aromatic N) is 3. The fraction of sp³-hybridized carbons (Fsp3) is 0.385. The number of halogens is 1. The smallest absolute Gasteiger partial charge is 0.253 e. The molecular formula is C26H23FN4O3. The lowest BCUT2D eigenvalue weighted by Gasteiger charge is -2.62. The highest BCUT2D eigenvalue weighted by Gasteiger charge is 2.73. The lowest BCUT2D eigenvalue weighted by molar-refractivity contribution is -0.362. The van der Waals surface area contributed by atoms with E-state index in [2.05, 4.69) is 10.3 Å². The summed E-state index contributed by atoms with van der Waals surface area (Å²) in [5, 5.41) is 16.8. The minimum absolute atomic E-state index is 0.0552. The molecule has 4 fully saturated rings. The van der Waals surface area contributed by atoms with Gasteiger partial charge in [-0.25, -0.2) is 4.98 Å². The van der Waals surface area contributed by atoms with E-state index in [9.17, 15) is 19.2 Å². The summed E-state index contributed by atoms with van der Waals surface area (Å²) in [5.74, 6) is -0.911. The zero-order valence-electron chi connectivity index (χ0n) is 18.9. The van der Waals surface area contributed by atoms with Gasteiger partial charge in [-0.05, 0) is 62.9 Å². The van der Waals surface area contributed by atoms with Crippen molar-refractivity contribution in [1.29, 1.82) is 0 Å². The number of amides is 2. The van der Waals surface area contributed by atoms with Crippen LogP contribution in [0.5, 0.6) is 0 Å². The molecule has 1 N–H and O–H groups in total. The van der Waals surface area contributed by atoms with Gasteiger partial charge in [0.2, 0.25) is 23.3 Å². The molecule has 8 heteroatoms. The van der Waals surface area contributed by atoms with Gasteiger partial charge in [0.25, 0.3) is 5.91 Å². The average Bonchev–Trinajstić information content (AvgIpc) is 3.36. The van der Waals surface area contributed by atoms with Crippen LogP contribution in [0.25, 0.3) is 16.7 Å². The largest absolute Gasteiger partial charge is 0.618 e. The predicted octanol–water partition coefficient (Wildman–Crippen LogP) is 3.16. The van der Waals surface area contributed by atoms with E-state index in [0.717, 1.165) is 22.3 Å². The molecular weight excluding hydrogens is 435 g/mol. The van der Waals surface area contributed by atoms with Crippen molar-refractivity contribution in [2.75, 3.05) is 6.54 Å². The maximum absolute atomic E-state index is 13.8. The Balaban J connectivity index is 1.43. The average molecular weight is 458 g/mol. The van der Waals surface area contributed by atoms with Gasteiger partial charge in [-0.15, -0.1) is 0 Å². The molecule has 2 bridgehead atoms. The van der Waals surface area contributed by atoms with Crippen LogP contribution >= 0.6 is 0 Å². The standard InChI is InChI=1S/C26H23FN4O3/c1-24(2)19-12-25-8-3-9-30(25)23(33)26(19,29-22(25)32)11-17-16-6-4-14(10-18(16)31(34)21(17)24)15-5-7-20(27)28-13-15/h4-7,10-11,13,19H,3,8-9,12H2,1-2H3,(H,29,32)/t19-,25-,26-/m0/s1. The summed E-state index contributed by atoms with van der Waals surface area (Å²) in [7, 11) is 0. The van der Waals surface area contributed by atoms with Gasteiger partial charge in [0, 0.05) is 30.3 Å². The molecule has 0 saturated carbocycles. The number of aromatic nitrogens is 1. The van der Waals surface area contributed by atoms with E-state index < -0.39 is 22.4 Å². The Hall–Kier alpha value is -3.55. The maximum Gasteiger partial charge on any atom is 0.253 e.